The molecule has 1 aliphatic carbocycles. The Morgan fingerprint density at radius 1 is 0.905 bits per heavy atom. The number of hydrogen-bond donors (Lipinski definition) is 0. The maximum atomic E-state index is 6.06. The molecule has 0 aromatic heterocycles. The fraction of sp³-hybridized carbons (Fsp3) is 0.900. The van der Waals surface area contributed by atoms with E-state index in [1.807, 2.05) is 0 Å². The molecule has 0 saturated carbocycles. The second-order valence-electron chi connectivity index (χ2n) is 7.39. The summed E-state index contributed by atoms with van der Waals surface area (Å²) >= 11 is 0. The van der Waals surface area contributed by atoms with Gasteiger partial charge in [-0.15, -0.1) is 0 Å². The molecule has 1 nitrogen and oxygen atoms in total. The smallest absolute Gasteiger partial charge is 0.0922 e. The van der Waals surface area contributed by atoms with Crippen molar-refractivity contribution in [1.29, 1.82) is 0 Å². The van der Waals surface area contributed by atoms with E-state index in [2.05, 4.69) is 26.8 Å². The second-order valence-corrected chi connectivity index (χ2v) is 7.39. The third kappa shape index (κ3) is 10.8. The van der Waals surface area contributed by atoms with Crippen molar-refractivity contribution in [3.05, 3.63) is 11.8 Å². The molecule has 0 aliphatic heterocycles. The Morgan fingerprint density at radius 3 is 2.00 bits per heavy atom. The van der Waals surface area contributed by atoms with Crippen LogP contribution in [-0.4, -0.2) is 6.61 Å². The monoisotopic (exact) mass is 294 g/mol. The largest absolute Gasteiger partial charge is 0.498 e. The van der Waals surface area contributed by atoms with Gasteiger partial charge in [-0.05, 0) is 30.8 Å². The lowest BCUT2D eigenvalue weighted by molar-refractivity contribution is 0.167. The first-order valence-electron chi connectivity index (χ1n) is 9.52. The van der Waals surface area contributed by atoms with Crippen LogP contribution < -0.4 is 0 Å². The van der Waals surface area contributed by atoms with E-state index < -0.39 is 0 Å². The molecule has 0 bridgehead atoms. The topological polar surface area (TPSA) is 9.23 Å². The average molecular weight is 295 g/mol. The third-order valence-corrected chi connectivity index (χ3v) is 4.41. The van der Waals surface area contributed by atoms with Crippen molar-refractivity contribution in [2.45, 2.75) is 97.8 Å². The lowest BCUT2D eigenvalue weighted by Gasteiger charge is -2.15. The van der Waals surface area contributed by atoms with Crippen LogP contribution in [0.1, 0.15) is 97.8 Å². The number of rotatable bonds is 3. The van der Waals surface area contributed by atoms with Crippen LogP contribution in [0.4, 0.5) is 0 Å². The first-order chi connectivity index (χ1) is 10.2. The van der Waals surface area contributed by atoms with Crippen molar-refractivity contribution in [3.63, 3.8) is 0 Å². The number of hydrogen-bond acceptors (Lipinski definition) is 1. The maximum absolute atomic E-state index is 6.06. The molecule has 0 spiro atoms. The maximum Gasteiger partial charge on any atom is 0.0922 e. The molecule has 0 radical (unpaired) electrons. The van der Waals surface area contributed by atoms with E-state index in [4.69, 9.17) is 4.74 Å². The van der Waals surface area contributed by atoms with Crippen molar-refractivity contribution >= 4 is 0 Å². The van der Waals surface area contributed by atoms with Crippen LogP contribution >= 0.6 is 0 Å². The average Bonchev–Trinajstić information content (AvgIpc) is 2.45. The van der Waals surface area contributed by atoms with Crippen LogP contribution in [0, 0.1) is 11.8 Å². The van der Waals surface area contributed by atoms with Gasteiger partial charge in [-0.3, -0.25) is 0 Å². The molecular weight excluding hydrogens is 256 g/mol. The van der Waals surface area contributed by atoms with Crippen molar-refractivity contribution < 1.29 is 4.74 Å². The zero-order valence-corrected chi connectivity index (χ0v) is 14.8. The van der Waals surface area contributed by atoms with Crippen LogP contribution in [0.5, 0.6) is 0 Å². The van der Waals surface area contributed by atoms with Gasteiger partial charge in [-0.2, -0.15) is 0 Å². The summed E-state index contributed by atoms with van der Waals surface area (Å²) in [6.45, 7) is 7.70. The van der Waals surface area contributed by atoms with Crippen LogP contribution in [-0.2, 0) is 4.74 Å². The van der Waals surface area contributed by atoms with Gasteiger partial charge in [0.05, 0.1) is 12.4 Å². The van der Waals surface area contributed by atoms with Crippen molar-refractivity contribution in [3.8, 4) is 0 Å². The predicted octanol–water partition coefficient (Wildman–Crippen LogP) is 6.87. The van der Waals surface area contributed by atoms with E-state index in [0.717, 1.165) is 13.0 Å². The summed E-state index contributed by atoms with van der Waals surface area (Å²) in [5.41, 5.74) is 0. The molecule has 0 saturated heterocycles. The Morgan fingerprint density at radius 2 is 1.43 bits per heavy atom. The van der Waals surface area contributed by atoms with Crippen LogP contribution in [0.3, 0.4) is 0 Å². The van der Waals surface area contributed by atoms with Crippen LogP contribution in [0.15, 0.2) is 11.8 Å². The Bertz CT molecular complexity index is 267. The standard InChI is InChI=1S/C20H38O/c1-18(2)17-21-20-15-13-11-9-7-5-4-6-8-10-12-14-19(3)16-20/h16,18-19H,4-15,17H2,1-3H3/b20-16-. The highest BCUT2D eigenvalue weighted by Gasteiger charge is 2.06. The fourth-order valence-electron chi connectivity index (χ4n) is 3.06. The summed E-state index contributed by atoms with van der Waals surface area (Å²) in [7, 11) is 0. The number of allylic oxidation sites excluding steroid dienone is 2. The van der Waals surface area contributed by atoms with Crippen molar-refractivity contribution in [2.75, 3.05) is 6.61 Å². The van der Waals surface area contributed by atoms with Gasteiger partial charge < -0.3 is 4.74 Å². The van der Waals surface area contributed by atoms with Gasteiger partial charge in [0.1, 0.15) is 0 Å². The van der Waals surface area contributed by atoms with Gasteiger partial charge in [0, 0.05) is 6.42 Å². The van der Waals surface area contributed by atoms with E-state index in [-0.39, 0.29) is 0 Å². The summed E-state index contributed by atoms with van der Waals surface area (Å²) in [5.74, 6) is 2.57. The van der Waals surface area contributed by atoms with E-state index in [0.29, 0.717) is 11.8 Å². The molecule has 0 aromatic carbocycles. The molecule has 0 N–H and O–H groups in total. The van der Waals surface area contributed by atoms with Gasteiger partial charge in [-0.25, -0.2) is 0 Å². The molecule has 0 aromatic rings. The first kappa shape index (κ1) is 18.6. The molecule has 0 heterocycles. The summed E-state index contributed by atoms with van der Waals surface area (Å²) in [4.78, 5) is 0. The summed E-state index contributed by atoms with van der Waals surface area (Å²) in [5, 5.41) is 0. The number of ether oxygens (including phenoxy) is 1. The molecule has 1 unspecified atom stereocenters. The molecule has 1 heteroatoms. The minimum atomic E-state index is 0.623. The van der Waals surface area contributed by atoms with Gasteiger partial charge in [0.15, 0.2) is 0 Å². The Balaban J connectivity index is 2.46. The SMILES string of the molecule is CC(C)CO/C1=C\C(C)CCCCCCCCCCCC1. The van der Waals surface area contributed by atoms with E-state index in [1.54, 1.807) is 0 Å². The fourth-order valence-corrected chi connectivity index (χ4v) is 3.06. The minimum absolute atomic E-state index is 0.623. The van der Waals surface area contributed by atoms with Crippen LogP contribution in [0.2, 0.25) is 0 Å². The molecule has 0 amide bonds. The second kappa shape index (κ2) is 12.1. The van der Waals surface area contributed by atoms with Crippen molar-refractivity contribution in [1.82, 2.24) is 0 Å². The summed E-state index contributed by atoms with van der Waals surface area (Å²) in [6, 6.07) is 0. The molecular formula is C20H38O. The van der Waals surface area contributed by atoms with Gasteiger partial charge in [-0.1, -0.05) is 78.6 Å². The quantitative estimate of drug-likeness (QED) is 0.551. The van der Waals surface area contributed by atoms with E-state index >= 15 is 0 Å². The molecule has 1 atom stereocenters. The lowest BCUT2D eigenvalue weighted by Crippen LogP contribution is -2.04. The lowest BCUT2D eigenvalue weighted by atomic mass is 10.0. The zero-order chi connectivity index (χ0) is 15.3. The molecule has 21 heavy (non-hydrogen) atoms. The summed E-state index contributed by atoms with van der Waals surface area (Å²) in [6.07, 6.45) is 19.0. The van der Waals surface area contributed by atoms with E-state index in [1.165, 1.54) is 76.4 Å². The highest BCUT2D eigenvalue weighted by atomic mass is 16.5. The minimum Gasteiger partial charge on any atom is -0.498 e. The Kier molecular flexibility index (Phi) is 10.7. The molecule has 1 aliphatic rings. The predicted molar refractivity (Wildman–Crippen MR) is 93.4 cm³/mol. The van der Waals surface area contributed by atoms with Crippen molar-refractivity contribution in [2.24, 2.45) is 11.8 Å². The zero-order valence-electron chi connectivity index (χ0n) is 14.8. The third-order valence-electron chi connectivity index (χ3n) is 4.41. The van der Waals surface area contributed by atoms with Crippen LogP contribution in [0.25, 0.3) is 0 Å². The highest BCUT2D eigenvalue weighted by molar-refractivity contribution is 4.96. The molecule has 0 fully saturated rings. The van der Waals surface area contributed by atoms with E-state index in [9.17, 15) is 0 Å². The van der Waals surface area contributed by atoms with Gasteiger partial charge >= 0.3 is 0 Å². The normalized spacial score (nSPS) is 26.5. The first-order valence-corrected chi connectivity index (χ1v) is 9.52. The highest BCUT2D eigenvalue weighted by Crippen LogP contribution is 2.20. The molecule has 124 valence electrons. The molecule has 1 rings (SSSR count). The van der Waals surface area contributed by atoms with Gasteiger partial charge in [0.25, 0.3) is 0 Å². The van der Waals surface area contributed by atoms with Gasteiger partial charge in [0.2, 0.25) is 0 Å². The Labute approximate surface area is 133 Å². The summed E-state index contributed by atoms with van der Waals surface area (Å²) < 4.78 is 6.06. The Hall–Kier alpha value is -0.460.